The van der Waals surface area contributed by atoms with Gasteiger partial charge in [0.05, 0.1) is 0 Å². The molecule has 16 heavy (non-hydrogen) atoms. The molecule has 0 bridgehead atoms. The van der Waals surface area contributed by atoms with Crippen molar-refractivity contribution < 1.29 is 4.74 Å². The Hall–Kier alpha value is -0.730. The minimum absolute atomic E-state index is 0.399. The highest BCUT2D eigenvalue weighted by Crippen LogP contribution is 2.16. The van der Waals surface area contributed by atoms with Crippen molar-refractivity contribution in [1.82, 2.24) is 5.32 Å². The van der Waals surface area contributed by atoms with E-state index in [9.17, 15) is 0 Å². The topological polar surface area (TPSA) is 21.3 Å². The fourth-order valence-electron chi connectivity index (χ4n) is 1.57. The molecule has 0 radical (unpaired) electrons. The number of nitrogens with one attached hydrogen (secondary N) is 1. The highest BCUT2D eigenvalue weighted by atomic mass is 35.5. The zero-order valence-electron chi connectivity index (χ0n) is 10.2. The molecule has 0 aromatic heterocycles. The lowest BCUT2D eigenvalue weighted by Gasteiger charge is -2.18. The van der Waals surface area contributed by atoms with Gasteiger partial charge in [0.1, 0.15) is 12.4 Å². The SMILES string of the molecule is CNC(COc1ccc(Cl)cc1)CC(C)C. The zero-order valence-corrected chi connectivity index (χ0v) is 10.9. The van der Waals surface area contributed by atoms with Gasteiger partial charge in [0.2, 0.25) is 0 Å². The summed E-state index contributed by atoms with van der Waals surface area (Å²) < 4.78 is 5.69. The van der Waals surface area contributed by atoms with Gasteiger partial charge in [-0.25, -0.2) is 0 Å². The maximum Gasteiger partial charge on any atom is 0.119 e. The Labute approximate surface area is 103 Å². The second-order valence-corrected chi connectivity index (χ2v) is 4.82. The number of likely N-dealkylation sites (N-methyl/N-ethyl adjacent to an activating group) is 1. The van der Waals surface area contributed by atoms with Gasteiger partial charge in [0.25, 0.3) is 0 Å². The molecule has 1 atom stereocenters. The predicted molar refractivity (Wildman–Crippen MR) is 69.2 cm³/mol. The highest BCUT2D eigenvalue weighted by Gasteiger charge is 2.09. The van der Waals surface area contributed by atoms with Crippen molar-refractivity contribution in [2.24, 2.45) is 5.92 Å². The Morgan fingerprint density at radius 3 is 2.38 bits per heavy atom. The van der Waals surface area contributed by atoms with Gasteiger partial charge in [0.15, 0.2) is 0 Å². The molecular weight excluding hydrogens is 222 g/mol. The number of hydrogen-bond donors (Lipinski definition) is 1. The Morgan fingerprint density at radius 2 is 1.88 bits per heavy atom. The summed E-state index contributed by atoms with van der Waals surface area (Å²) in [5.74, 6) is 1.54. The summed E-state index contributed by atoms with van der Waals surface area (Å²) in [5.41, 5.74) is 0. The average Bonchev–Trinajstić information content (AvgIpc) is 2.26. The first-order valence-corrected chi connectivity index (χ1v) is 6.05. The van der Waals surface area contributed by atoms with E-state index >= 15 is 0 Å². The van der Waals surface area contributed by atoms with Crippen LogP contribution in [-0.2, 0) is 0 Å². The van der Waals surface area contributed by atoms with Crippen LogP contribution in [0.5, 0.6) is 5.75 Å². The predicted octanol–water partition coefficient (Wildman–Crippen LogP) is 3.35. The zero-order chi connectivity index (χ0) is 12.0. The van der Waals surface area contributed by atoms with Crippen molar-refractivity contribution in [3.63, 3.8) is 0 Å². The number of rotatable bonds is 6. The molecule has 3 heteroatoms. The lowest BCUT2D eigenvalue weighted by molar-refractivity contribution is 0.251. The number of benzene rings is 1. The fraction of sp³-hybridized carbons (Fsp3) is 0.538. The lowest BCUT2D eigenvalue weighted by atomic mass is 10.0. The molecule has 0 saturated heterocycles. The summed E-state index contributed by atoms with van der Waals surface area (Å²) >= 11 is 5.80. The molecule has 0 amide bonds. The van der Waals surface area contributed by atoms with E-state index in [0.717, 1.165) is 17.2 Å². The first-order chi connectivity index (χ1) is 7.61. The van der Waals surface area contributed by atoms with Crippen LogP contribution in [0.3, 0.4) is 0 Å². The van der Waals surface area contributed by atoms with E-state index < -0.39 is 0 Å². The van der Waals surface area contributed by atoms with Crippen LogP contribution in [0.15, 0.2) is 24.3 Å². The van der Waals surface area contributed by atoms with E-state index in [1.54, 1.807) is 0 Å². The molecule has 1 aromatic rings. The first kappa shape index (κ1) is 13.3. The molecule has 0 fully saturated rings. The van der Waals surface area contributed by atoms with Crippen LogP contribution < -0.4 is 10.1 Å². The second-order valence-electron chi connectivity index (χ2n) is 4.38. The summed E-state index contributed by atoms with van der Waals surface area (Å²) in [5, 5.41) is 4.00. The van der Waals surface area contributed by atoms with Crippen molar-refractivity contribution in [3.05, 3.63) is 29.3 Å². The molecule has 2 nitrogen and oxygen atoms in total. The van der Waals surface area contributed by atoms with Crippen molar-refractivity contribution in [2.75, 3.05) is 13.7 Å². The standard InChI is InChI=1S/C13H20ClNO/c1-10(2)8-12(15-3)9-16-13-6-4-11(14)5-7-13/h4-7,10,12,15H,8-9H2,1-3H3. The third-order valence-corrected chi connectivity index (χ3v) is 2.68. The minimum atomic E-state index is 0.399. The normalized spacial score (nSPS) is 12.8. The quantitative estimate of drug-likeness (QED) is 0.825. The molecule has 1 rings (SSSR count). The number of ether oxygens (including phenoxy) is 1. The number of halogens is 1. The molecule has 0 saturated carbocycles. The third kappa shape index (κ3) is 4.86. The average molecular weight is 242 g/mol. The molecular formula is C13H20ClNO. The second kappa shape index (κ2) is 6.77. The lowest BCUT2D eigenvalue weighted by Crippen LogP contribution is -2.32. The molecule has 0 aliphatic heterocycles. The van der Waals surface area contributed by atoms with E-state index in [1.807, 2.05) is 31.3 Å². The summed E-state index contributed by atoms with van der Waals surface area (Å²) in [6.45, 7) is 5.12. The van der Waals surface area contributed by atoms with Crippen LogP contribution >= 0.6 is 11.6 Å². The molecule has 0 aliphatic rings. The van der Waals surface area contributed by atoms with Gasteiger partial charge in [-0.15, -0.1) is 0 Å². The van der Waals surface area contributed by atoms with E-state index in [4.69, 9.17) is 16.3 Å². The molecule has 1 aromatic carbocycles. The Kier molecular flexibility index (Phi) is 5.64. The van der Waals surface area contributed by atoms with Crippen molar-refractivity contribution in [2.45, 2.75) is 26.3 Å². The van der Waals surface area contributed by atoms with Crippen LogP contribution in [0.2, 0.25) is 5.02 Å². The van der Waals surface area contributed by atoms with Crippen LogP contribution in [-0.4, -0.2) is 19.7 Å². The highest BCUT2D eigenvalue weighted by molar-refractivity contribution is 6.30. The van der Waals surface area contributed by atoms with Gasteiger partial charge in [-0.3, -0.25) is 0 Å². The van der Waals surface area contributed by atoms with Gasteiger partial charge >= 0.3 is 0 Å². The Bertz CT molecular complexity index is 297. The maximum atomic E-state index is 5.80. The molecule has 0 spiro atoms. The Morgan fingerprint density at radius 1 is 1.25 bits per heavy atom. The van der Waals surface area contributed by atoms with Gasteiger partial charge in [-0.1, -0.05) is 25.4 Å². The summed E-state index contributed by atoms with van der Waals surface area (Å²) in [6.07, 6.45) is 1.12. The molecule has 90 valence electrons. The van der Waals surface area contributed by atoms with E-state index in [1.165, 1.54) is 0 Å². The van der Waals surface area contributed by atoms with Gasteiger partial charge in [0, 0.05) is 11.1 Å². The van der Waals surface area contributed by atoms with Crippen molar-refractivity contribution in [1.29, 1.82) is 0 Å². The molecule has 1 unspecified atom stereocenters. The van der Waals surface area contributed by atoms with Crippen LogP contribution in [0.25, 0.3) is 0 Å². The fourth-order valence-corrected chi connectivity index (χ4v) is 1.69. The van der Waals surface area contributed by atoms with Crippen LogP contribution in [0.4, 0.5) is 0 Å². The first-order valence-electron chi connectivity index (χ1n) is 5.67. The Balaban J connectivity index is 2.40. The van der Waals surface area contributed by atoms with Gasteiger partial charge < -0.3 is 10.1 Å². The minimum Gasteiger partial charge on any atom is -0.492 e. The maximum absolute atomic E-state index is 5.80. The van der Waals surface area contributed by atoms with E-state index in [0.29, 0.717) is 18.6 Å². The van der Waals surface area contributed by atoms with Crippen molar-refractivity contribution in [3.8, 4) is 5.75 Å². The molecule has 0 aliphatic carbocycles. The van der Waals surface area contributed by atoms with Gasteiger partial charge in [-0.05, 0) is 43.7 Å². The van der Waals surface area contributed by atoms with Crippen LogP contribution in [0.1, 0.15) is 20.3 Å². The number of hydrogen-bond acceptors (Lipinski definition) is 2. The van der Waals surface area contributed by atoms with E-state index in [2.05, 4.69) is 19.2 Å². The van der Waals surface area contributed by atoms with Gasteiger partial charge in [-0.2, -0.15) is 0 Å². The smallest absolute Gasteiger partial charge is 0.119 e. The van der Waals surface area contributed by atoms with Crippen molar-refractivity contribution >= 4 is 11.6 Å². The summed E-state index contributed by atoms with van der Waals surface area (Å²) in [6, 6.07) is 7.87. The molecule has 1 N–H and O–H groups in total. The van der Waals surface area contributed by atoms with Crippen LogP contribution in [0, 0.1) is 5.92 Å². The monoisotopic (exact) mass is 241 g/mol. The summed E-state index contributed by atoms with van der Waals surface area (Å²) in [7, 11) is 1.97. The largest absolute Gasteiger partial charge is 0.492 e. The summed E-state index contributed by atoms with van der Waals surface area (Å²) in [4.78, 5) is 0. The third-order valence-electron chi connectivity index (χ3n) is 2.43. The molecule has 0 heterocycles. The van der Waals surface area contributed by atoms with E-state index in [-0.39, 0.29) is 0 Å².